The molecule has 8 heteroatoms. The normalized spacial score (nSPS) is 19.8. The van der Waals surface area contributed by atoms with Gasteiger partial charge >= 0.3 is 6.03 Å². The lowest BCUT2D eigenvalue weighted by Crippen LogP contribution is -2.43. The molecular weight excluding hydrogens is 336 g/mol. The molecule has 0 bridgehead atoms. The van der Waals surface area contributed by atoms with Crippen molar-refractivity contribution in [3.8, 4) is 0 Å². The Balaban J connectivity index is 1.90. The number of carbonyl (C=O) groups is 2. The molecule has 0 aliphatic carbocycles. The lowest BCUT2D eigenvalue weighted by atomic mass is 9.87. The van der Waals surface area contributed by atoms with Crippen molar-refractivity contribution < 1.29 is 14.5 Å². The number of urea groups is 1. The van der Waals surface area contributed by atoms with Gasteiger partial charge in [0.25, 0.3) is 11.6 Å². The summed E-state index contributed by atoms with van der Waals surface area (Å²) in [5, 5.41) is 18.3. The third-order valence-corrected chi connectivity index (χ3v) is 4.27. The first-order valence-electron chi connectivity index (χ1n) is 7.98. The van der Waals surface area contributed by atoms with Gasteiger partial charge in [-0.3, -0.25) is 14.9 Å². The lowest BCUT2D eigenvalue weighted by Gasteiger charge is -2.24. The number of imide groups is 1. The molecule has 3 amide bonds. The van der Waals surface area contributed by atoms with Gasteiger partial charge in [-0.2, -0.15) is 5.10 Å². The van der Waals surface area contributed by atoms with Gasteiger partial charge in [-0.25, -0.2) is 4.79 Å². The Morgan fingerprint density at radius 2 is 1.92 bits per heavy atom. The summed E-state index contributed by atoms with van der Waals surface area (Å²) < 4.78 is 0. The molecule has 26 heavy (non-hydrogen) atoms. The fourth-order valence-corrected chi connectivity index (χ4v) is 2.87. The Morgan fingerprint density at radius 3 is 2.58 bits per heavy atom. The molecule has 1 saturated heterocycles. The number of nitrogens with one attached hydrogen (secondary N) is 1. The average molecular weight is 352 g/mol. The molecule has 1 fully saturated rings. The molecule has 2 aromatic rings. The second kappa shape index (κ2) is 6.75. The third kappa shape index (κ3) is 2.92. The van der Waals surface area contributed by atoms with Crippen molar-refractivity contribution in [1.29, 1.82) is 0 Å². The predicted octanol–water partition coefficient (Wildman–Crippen LogP) is 2.79. The van der Waals surface area contributed by atoms with E-state index in [0.29, 0.717) is 17.5 Å². The first kappa shape index (κ1) is 17.3. The number of hydrazone groups is 1. The van der Waals surface area contributed by atoms with Gasteiger partial charge in [-0.05, 0) is 12.0 Å². The second-order valence-corrected chi connectivity index (χ2v) is 5.77. The molecule has 0 spiro atoms. The van der Waals surface area contributed by atoms with E-state index in [0.717, 1.165) is 5.01 Å². The van der Waals surface area contributed by atoms with Crippen molar-refractivity contribution >= 4 is 23.8 Å². The average Bonchev–Trinajstić information content (AvgIpc) is 2.91. The first-order valence-corrected chi connectivity index (χ1v) is 7.98. The Morgan fingerprint density at radius 1 is 1.19 bits per heavy atom. The Hall–Kier alpha value is -3.55. The number of benzene rings is 2. The first-order chi connectivity index (χ1) is 12.5. The molecular formula is C18H16N4O4. The summed E-state index contributed by atoms with van der Waals surface area (Å²) in [5.41, 5.74) is -0.181. The van der Waals surface area contributed by atoms with E-state index in [2.05, 4.69) is 10.4 Å². The van der Waals surface area contributed by atoms with E-state index in [-0.39, 0.29) is 5.69 Å². The van der Waals surface area contributed by atoms with E-state index in [1.165, 1.54) is 24.4 Å². The topological polar surface area (TPSA) is 105 Å². The second-order valence-electron chi connectivity index (χ2n) is 5.77. The van der Waals surface area contributed by atoms with Crippen molar-refractivity contribution in [2.45, 2.75) is 18.9 Å². The van der Waals surface area contributed by atoms with E-state index in [9.17, 15) is 19.7 Å². The SMILES string of the molecule is CC[C@@]1(c2ccccc2)NC(=O)N(/N=C\c2cccc([N+](=O)[O-])c2)C1=O. The van der Waals surface area contributed by atoms with Crippen molar-refractivity contribution in [2.75, 3.05) is 0 Å². The Labute approximate surface area is 149 Å². The largest absolute Gasteiger partial charge is 0.346 e. The van der Waals surface area contributed by atoms with Crippen molar-refractivity contribution in [3.05, 3.63) is 75.8 Å². The predicted molar refractivity (Wildman–Crippen MR) is 94.5 cm³/mol. The summed E-state index contributed by atoms with van der Waals surface area (Å²) in [6.07, 6.45) is 1.62. The minimum absolute atomic E-state index is 0.0988. The molecule has 0 saturated carbocycles. The number of hydrogen-bond donors (Lipinski definition) is 1. The van der Waals surface area contributed by atoms with Gasteiger partial charge in [-0.1, -0.05) is 49.4 Å². The zero-order valence-electron chi connectivity index (χ0n) is 14.0. The minimum atomic E-state index is -1.17. The number of hydrogen-bond acceptors (Lipinski definition) is 5. The van der Waals surface area contributed by atoms with Gasteiger partial charge in [0.05, 0.1) is 11.1 Å². The van der Waals surface area contributed by atoms with Crippen LogP contribution in [0.25, 0.3) is 0 Å². The summed E-state index contributed by atoms with van der Waals surface area (Å²) in [7, 11) is 0. The molecule has 1 aliphatic rings. The number of nitro groups is 1. The van der Waals surface area contributed by atoms with Crippen LogP contribution in [0.15, 0.2) is 59.7 Å². The van der Waals surface area contributed by atoms with Crippen molar-refractivity contribution in [1.82, 2.24) is 10.3 Å². The molecule has 1 aliphatic heterocycles. The minimum Gasteiger partial charge on any atom is -0.318 e. The molecule has 0 radical (unpaired) electrons. The standard InChI is InChI=1S/C18H16N4O4/c1-2-18(14-8-4-3-5-9-14)16(23)21(17(24)20-18)19-12-13-7-6-10-15(11-13)22(25)26/h3-12H,2H2,1H3,(H,20,24)/b19-12-/t18-/m0/s1. The third-order valence-electron chi connectivity index (χ3n) is 4.27. The molecule has 8 nitrogen and oxygen atoms in total. The van der Waals surface area contributed by atoms with Crippen molar-refractivity contribution in [2.24, 2.45) is 5.10 Å². The smallest absolute Gasteiger partial charge is 0.318 e. The molecule has 1 heterocycles. The zero-order chi connectivity index (χ0) is 18.7. The van der Waals surface area contributed by atoms with Crippen LogP contribution in [0, 0.1) is 10.1 Å². The van der Waals surface area contributed by atoms with E-state index in [1.54, 1.807) is 37.3 Å². The van der Waals surface area contributed by atoms with Crippen LogP contribution in [-0.4, -0.2) is 28.1 Å². The van der Waals surface area contributed by atoms with Crippen LogP contribution in [0.3, 0.4) is 0 Å². The molecule has 1 N–H and O–H groups in total. The Kier molecular flexibility index (Phi) is 4.49. The van der Waals surface area contributed by atoms with Gasteiger partial charge < -0.3 is 5.32 Å². The van der Waals surface area contributed by atoms with E-state index in [1.807, 2.05) is 6.07 Å². The maximum atomic E-state index is 12.9. The van der Waals surface area contributed by atoms with Crippen LogP contribution in [-0.2, 0) is 10.3 Å². The molecule has 132 valence electrons. The van der Waals surface area contributed by atoms with Gasteiger partial charge in [-0.15, -0.1) is 5.01 Å². The molecule has 3 rings (SSSR count). The quantitative estimate of drug-likeness (QED) is 0.386. The highest BCUT2D eigenvalue weighted by Crippen LogP contribution is 2.32. The fraction of sp³-hybridized carbons (Fsp3) is 0.167. The maximum absolute atomic E-state index is 12.9. The van der Waals surface area contributed by atoms with Crippen LogP contribution in [0.1, 0.15) is 24.5 Å². The number of nitrogens with zero attached hydrogens (tertiary/aromatic N) is 3. The van der Waals surface area contributed by atoms with Crippen LogP contribution >= 0.6 is 0 Å². The fourth-order valence-electron chi connectivity index (χ4n) is 2.87. The summed E-state index contributed by atoms with van der Waals surface area (Å²) in [4.78, 5) is 35.5. The molecule has 0 unspecified atom stereocenters. The molecule has 1 atom stereocenters. The van der Waals surface area contributed by atoms with Gasteiger partial charge in [0.2, 0.25) is 0 Å². The summed E-state index contributed by atoms with van der Waals surface area (Å²) in [6.45, 7) is 1.80. The van der Waals surface area contributed by atoms with E-state index >= 15 is 0 Å². The highest BCUT2D eigenvalue weighted by Gasteiger charge is 2.51. The zero-order valence-corrected chi connectivity index (χ0v) is 14.0. The number of amides is 3. The van der Waals surface area contributed by atoms with Crippen molar-refractivity contribution in [3.63, 3.8) is 0 Å². The van der Waals surface area contributed by atoms with Crippen LogP contribution in [0.2, 0.25) is 0 Å². The molecule has 0 aromatic heterocycles. The Bertz CT molecular complexity index is 897. The van der Waals surface area contributed by atoms with Crippen LogP contribution < -0.4 is 5.32 Å². The monoisotopic (exact) mass is 352 g/mol. The van der Waals surface area contributed by atoms with E-state index in [4.69, 9.17) is 0 Å². The van der Waals surface area contributed by atoms with Crippen LogP contribution in [0.4, 0.5) is 10.5 Å². The number of non-ortho nitro benzene ring substituents is 1. The summed E-state index contributed by atoms with van der Waals surface area (Å²) in [6, 6.07) is 14.1. The number of nitro benzene ring substituents is 1. The maximum Gasteiger partial charge on any atom is 0.346 e. The van der Waals surface area contributed by atoms with Crippen LogP contribution in [0.5, 0.6) is 0 Å². The van der Waals surface area contributed by atoms with E-state index < -0.39 is 22.4 Å². The van der Waals surface area contributed by atoms with Gasteiger partial charge in [0.1, 0.15) is 5.54 Å². The highest BCUT2D eigenvalue weighted by molar-refractivity contribution is 6.07. The lowest BCUT2D eigenvalue weighted by molar-refractivity contribution is -0.384. The summed E-state index contributed by atoms with van der Waals surface area (Å²) in [5.74, 6) is -0.488. The highest BCUT2D eigenvalue weighted by atomic mass is 16.6. The summed E-state index contributed by atoms with van der Waals surface area (Å²) >= 11 is 0. The van der Waals surface area contributed by atoms with Gasteiger partial charge in [0, 0.05) is 17.7 Å². The van der Waals surface area contributed by atoms with Gasteiger partial charge in [0.15, 0.2) is 0 Å². The number of carbonyl (C=O) groups excluding carboxylic acids is 2. The number of rotatable bonds is 5. The molecule has 2 aromatic carbocycles.